The fourth-order valence-electron chi connectivity index (χ4n) is 3.14. The number of piperidine rings is 1. The van der Waals surface area contributed by atoms with Gasteiger partial charge in [0.05, 0.1) is 11.8 Å². The summed E-state index contributed by atoms with van der Waals surface area (Å²) in [4.78, 5) is 19.1. The molecule has 1 unspecified atom stereocenters. The molecular formula is C17H22N4O. The third kappa shape index (κ3) is 3.35. The highest BCUT2D eigenvalue weighted by atomic mass is 16.2. The summed E-state index contributed by atoms with van der Waals surface area (Å²) in [6.45, 7) is 3.66. The molecule has 0 aromatic carbocycles. The number of carbonyl (C=O) groups is 1. The molecule has 5 heteroatoms. The second-order valence-corrected chi connectivity index (χ2v) is 6.14. The van der Waals surface area contributed by atoms with Crippen molar-refractivity contribution in [1.82, 2.24) is 19.7 Å². The van der Waals surface area contributed by atoms with Gasteiger partial charge in [0.1, 0.15) is 0 Å². The van der Waals surface area contributed by atoms with E-state index in [0.717, 1.165) is 43.7 Å². The van der Waals surface area contributed by atoms with Crippen molar-refractivity contribution in [3.8, 4) is 0 Å². The Morgan fingerprint density at radius 1 is 1.41 bits per heavy atom. The van der Waals surface area contributed by atoms with Gasteiger partial charge >= 0.3 is 0 Å². The Bertz CT molecular complexity index is 664. The number of likely N-dealkylation sites (tertiary alicyclic amines) is 1. The summed E-state index contributed by atoms with van der Waals surface area (Å²) in [7, 11) is 1.83. The molecule has 3 rings (SSSR count). The number of rotatable bonds is 3. The van der Waals surface area contributed by atoms with Crippen molar-refractivity contribution < 1.29 is 4.79 Å². The average Bonchev–Trinajstić information content (AvgIpc) is 2.93. The van der Waals surface area contributed by atoms with Crippen molar-refractivity contribution in [3.63, 3.8) is 0 Å². The lowest BCUT2D eigenvalue weighted by Gasteiger charge is -2.32. The number of carbonyl (C=O) groups excluding carboxylic acids is 1. The van der Waals surface area contributed by atoms with E-state index in [9.17, 15) is 4.79 Å². The summed E-state index contributed by atoms with van der Waals surface area (Å²) in [5.41, 5.74) is 2.86. The maximum atomic E-state index is 12.5. The van der Waals surface area contributed by atoms with Crippen LogP contribution in [0.15, 0.2) is 30.6 Å². The molecule has 0 bridgehead atoms. The molecule has 116 valence electrons. The number of hydrogen-bond acceptors (Lipinski definition) is 3. The number of nitrogens with zero attached hydrogens (tertiary/aromatic N) is 4. The van der Waals surface area contributed by atoms with Crippen molar-refractivity contribution in [2.45, 2.75) is 26.2 Å². The van der Waals surface area contributed by atoms with Crippen molar-refractivity contribution in [1.29, 1.82) is 0 Å². The molecule has 0 radical (unpaired) electrons. The predicted molar refractivity (Wildman–Crippen MR) is 84.5 cm³/mol. The van der Waals surface area contributed by atoms with Gasteiger partial charge in [0.25, 0.3) is 5.91 Å². The fourth-order valence-corrected chi connectivity index (χ4v) is 3.14. The van der Waals surface area contributed by atoms with E-state index in [0.29, 0.717) is 11.5 Å². The smallest absolute Gasteiger partial charge is 0.257 e. The van der Waals surface area contributed by atoms with Crippen molar-refractivity contribution in [2.75, 3.05) is 13.1 Å². The normalized spacial score (nSPS) is 18.5. The summed E-state index contributed by atoms with van der Waals surface area (Å²) in [6.07, 6.45) is 6.59. The number of aryl methyl sites for hydroxylation is 2. The highest BCUT2D eigenvalue weighted by Gasteiger charge is 2.25. The van der Waals surface area contributed by atoms with Crippen molar-refractivity contribution in [3.05, 3.63) is 47.5 Å². The Morgan fingerprint density at radius 3 is 3.00 bits per heavy atom. The van der Waals surface area contributed by atoms with Gasteiger partial charge < -0.3 is 4.90 Å². The standard InChI is InChI=1S/C17H22N4O/c1-13-5-3-7-16(19-13)9-14-6-4-8-21(11-14)17(22)15-10-18-20(2)12-15/h3,5,7,10,12,14H,4,6,8-9,11H2,1-2H3. The van der Waals surface area contributed by atoms with Crippen molar-refractivity contribution in [2.24, 2.45) is 13.0 Å². The van der Waals surface area contributed by atoms with Crippen LogP contribution in [-0.4, -0.2) is 38.7 Å². The lowest BCUT2D eigenvalue weighted by Crippen LogP contribution is -2.40. The zero-order valence-corrected chi connectivity index (χ0v) is 13.2. The van der Waals surface area contributed by atoms with Crippen LogP contribution in [0.3, 0.4) is 0 Å². The molecule has 0 spiro atoms. The van der Waals surface area contributed by atoms with Gasteiger partial charge in [-0.25, -0.2) is 0 Å². The molecule has 2 aromatic rings. The molecule has 1 amide bonds. The van der Waals surface area contributed by atoms with Crippen LogP contribution in [0.1, 0.15) is 34.6 Å². The summed E-state index contributed by atoms with van der Waals surface area (Å²) < 4.78 is 1.67. The first-order valence-corrected chi connectivity index (χ1v) is 7.82. The monoisotopic (exact) mass is 298 g/mol. The Balaban J connectivity index is 1.65. The van der Waals surface area contributed by atoms with Crippen LogP contribution in [-0.2, 0) is 13.5 Å². The highest BCUT2D eigenvalue weighted by molar-refractivity contribution is 5.93. The third-order valence-electron chi connectivity index (χ3n) is 4.20. The van der Waals surface area contributed by atoms with E-state index in [1.54, 1.807) is 17.1 Å². The Labute approximate surface area is 131 Å². The van der Waals surface area contributed by atoms with E-state index in [2.05, 4.69) is 22.2 Å². The molecule has 0 N–H and O–H groups in total. The van der Waals surface area contributed by atoms with Gasteiger partial charge in [-0.05, 0) is 44.2 Å². The van der Waals surface area contributed by atoms with Gasteiger partial charge in [-0.1, -0.05) is 6.07 Å². The summed E-state index contributed by atoms with van der Waals surface area (Å²) >= 11 is 0. The molecular weight excluding hydrogens is 276 g/mol. The second-order valence-electron chi connectivity index (χ2n) is 6.14. The molecule has 1 saturated heterocycles. The van der Waals surface area contributed by atoms with Crippen LogP contribution in [0.25, 0.3) is 0 Å². The van der Waals surface area contributed by atoms with E-state index < -0.39 is 0 Å². The number of pyridine rings is 1. The average molecular weight is 298 g/mol. The van der Waals surface area contributed by atoms with E-state index >= 15 is 0 Å². The largest absolute Gasteiger partial charge is 0.338 e. The maximum Gasteiger partial charge on any atom is 0.257 e. The molecule has 1 fully saturated rings. The third-order valence-corrected chi connectivity index (χ3v) is 4.20. The van der Waals surface area contributed by atoms with E-state index in [1.807, 2.05) is 24.9 Å². The van der Waals surface area contributed by atoms with Gasteiger partial charge in [-0.2, -0.15) is 5.10 Å². The minimum Gasteiger partial charge on any atom is -0.338 e. The zero-order chi connectivity index (χ0) is 15.5. The Morgan fingerprint density at radius 2 is 2.27 bits per heavy atom. The summed E-state index contributed by atoms with van der Waals surface area (Å²) in [5.74, 6) is 0.582. The van der Waals surface area contributed by atoms with Gasteiger partial charge in [-0.3, -0.25) is 14.5 Å². The van der Waals surface area contributed by atoms with Crippen LogP contribution < -0.4 is 0 Å². The number of aromatic nitrogens is 3. The first-order chi connectivity index (χ1) is 10.6. The molecule has 2 aromatic heterocycles. The van der Waals surface area contributed by atoms with E-state index in [4.69, 9.17) is 0 Å². The Kier molecular flexibility index (Phi) is 4.22. The minimum absolute atomic E-state index is 0.0926. The molecule has 1 aliphatic heterocycles. The predicted octanol–water partition coefficient (Wildman–Crippen LogP) is 2.22. The van der Waals surface area contributed by atoms with Crippen LogP contribution in [0.4, 0.5) is 0 Å². The number of amides is 1. The molecule has 0 aliphatic carbocycles. The van der Waals surface area contributed by atoms with E-state index in [1.165, 1.54) is 0 Å². The van der Waals surface area contributed by atoms with Gasteiger partial charge in [-0.15, -0.1) is 0 Å². The molecule has 1 atom stereocenters. The maximum absolute atomic E-state index is 12.5. The van der Waals surface area contributed by atoms with Crippen LogP contribution in [0, 0.1) is 12.8 Å². The van der Waals surface area contributed by atoms with Gasteiger partial charge in [0.2, 0.25) is 0 Å². The van der Waals surface area contributed by atoms with Crippen LogP contribution in [0.2, 0.25) is 0 Å². The molecule has 3 heterocycles. The first-order valence-electron chi connectivity index (χ1n) is 7.82. The lowest BCUT2D eigenvalue weighted by atomic mass is 9.93. The first kappa shape index (κ1) is 14.8. The zero-order valence-electron chi connectivity index (χ0n) is 13.2. The fraction of sp³-hybridized carbons (Fsp3) is 0.471. The SMILES string of the molecule is Cc1cccc(CC2CCCN(C(=O)c3cnn(C)c3)C2)n1. The lowest BCUT2D eigenvalue weighted by molar-refractivity contribution is 0.0672. The molecule has 5 nitrogen and oxygen atoms in total. The molecule has 1 aliphatic rings. The highest BCUT2D eigenvalue weighted by Crippen LogP contribution is 2.21. The van der Waals surface area contributed by atoms with Crippen LogP contribution in [0.5, 0.6) is 0 Å². The van der Waals surface area contributed by atoms with Gasteiger partial charge in [0, 0.05) is 37.7 Å². The van der Waals surface area contributed by atoms with Crippen LogP contribution >= 0.6 is 0 Å². The molecule has 22 heavy (non-hydrogen) atoms. The quantitative estimate of drug-likeness (QED) is 0.873. The second kappa shape index (κ2) is 6.30. The summed E-state index contributed by atoms with van der Waals surface area (Å²) in [6, 6.07) is 6.15. The summed E-state index contributed by atoms with van der Waals surface area (Å²) in [5, 5.41) is 4.09. The van der Waals surface area contributed by atoms with Gasteiger partial charge in [0.15, 0.2) is 0 Å². The Hall–Kier alpha value is -2.17. The van der Waals surface area contributed by atoms with Crippen molar-refractivity contribution >= 4 is 5.91 Å². The minimum atomic E-state index is 0.0926. The van der Waals surface area contributed by atoms with E-state index in [-0.39, 0.29) is 5.91 Å². The topological polar surface area (TPSA) is 51.0 Å². The molecule has 0 saturated carbocycles. The number of hydrogen-bond donors (Lipinski definition) is 0.